The van der Waals surface area contributed by atoms with Crippen molar-refractivity contribution >= 4 is 16.5 Å². The van der Waals surface area contributed by atoms with Gasteiger partial charge in [0.05, 0.1) is 5.60 Å². The standard InChI is InChI=1S/C10H14F3N3OS/c11-10(12,13)7-15-16-8(18-7)14-6-9(17)4-2-1-3-5-9/h17H,1-6H2,(H,14,16). The molecule has 1 fully saturated rings. The van der Waals surface area contributed by atoms with E-state index in [0.29, 0.717) is 24.2 Å². The molecule has 8 heteroatoms. The maximum absolute atomic E-state index is 12.3. The van der Waals surface area contributed by atoms with Crippen molar-refractivity contribution in [3.05, 3.63) is 5.01 Å². The maximum Gasteiger partial charge on any atom is 0.445 e. The maximum atomic E-state index is 12.3. The van der Waals surface area contributed by atoms with Crippen LogP contribution in [0.3, 0.4) is 0 Å². The van der Waals surface area contributed by atoms with Crippen LogP contribution in [0.5, 0.6) is 0 Å². The van der Waals surface area contributed by atoms with Gasteiger partial charge < -0.3 is 10.4 Å². The average Bonchev–Trinajstić information content (AvgIpc) is 2.76. The number of nitrogens with zero attached hydrogens (tertiary/aromatic N) is 2. The molecule has 0 bridgehead atoms. The lowest BCUT2D eigenvalue weighted by molar-refractivity contribution is -0.138. The summed E-state index contributed by atoms with van der Waals surface area (Å²) in [7, 11) is 0. The fourth-order valence-corrected chi connectivity index (χ4v) is 2.64. The third-order valence-corrected chi connectivity index (χ3v) is 3.95. The molecule has 102 valence electrons. The summed E-state index contributed by atoms with van der Waals surface area (Å²) in [4.78, 5) is 0. The van der Waals surface area contributed by atoms with E-state index in [1.165, 1.54) is 0 Å². The highest BCUT2D eigenvalue weighted by Crippen LogP contribution is 2.34. The predicted molar refractivity (Wildman–Crippen MR) is 61.4 cm³/mol. The lowest BCUT2D eigenvalue weighted by Crippen LogP contribution is -2.38. The Morgan fingerprint density at radius 1 is 1.22 bits per heavy atom. The van der Waals surface area contributed by atoms with Crippen LogP contribution in [-0.2, 0) is 6.18 Å². The Morgan fingerprint density at radius 2 is 1.89 bits per heavy atom. The van der Waals surface area contributed by atoms with E-state index in [0.717, 1.165) is 19.3 Å². The van der Waals surface area contributed by atoms with Crippen molar-refractivity contribution in [3.8, 4) is 0 Å². The fourth-order valence-electron chi connectivity index (χ4n) is 2.04. The van der Waals surface area contributed by atoms with E-state index in [2.05, 4.69) is 15.5 Å². The van der Waals surface area contributed by atoms with Crippen molar-refractivity contribution < 1.29 is 18.3 Å². The van der Waals surface area contributed by atoms with Gasteiger partial charge in [0.2, 0.25) is 10.1 Å². The molecule has 2 N–H and O–H groups in total. The van der Waals surface area contributed by atoms with Crippen molar-refractivity contribution in [3.63, 3.8) is 0 Å². The molecule has 0 aliphatic heterocycles. The second-order valence-electron chi connectivity index (χ2n) is 4.55. The first-order chi connectivity index (χ1) is 8.39. The van der Waals surface area contributed by atoms with Crippen molar-refractivity contribution in [2.75, 3.05) is 11.9 Å². The van der Waals surface area contributed by atoms with Crippen LogP contribution in [0.1, 0.15) is 37.1 Å². The van der Waals surface area contributed by atoms with E-state index in [1.54, 1.807) is 0 Å². The molecule has 1 aromatic heterocycles. The second-order valence-corrected chi connectivity index (χ2v) is 5.53. The van der Waals surface area contributed by atoms with Crippen LogP contribution in [0.15, 0.2) is 0 Å². The summed E-state index contributed by atoms with van der Waals surface area (Å²) < 4.78 is 36.9. The van der Waals surface area contributed by atoms with E-state index in [1.807, 2.05) is 0 Å². The molecule has 1 saturated carbocycles. The Hall–Kier alpha value is -0.890. The van der Waals surface area contributed by atoms with Gasteiger partial charge in [0.1, 0.15) is 0 Å². The van der Waals surface area contributed by atoms with Gasteiger partial charge in [-0.25, -0.2) is 0 Å². The second kappa shape index (κ2) is 5.00. The quantitative estimate of drug-likeness (QED) is 0.894. The Morgan fingerprint density at radius 3 is 2.44 bits per heavy atom. The van der Waals surface area contributed by atoms with Crippen LogP contribution >= 0.6 is 11.3 Å². The number of hydrogen-bond acceptors (Lipinski definition) is 5. The number of aliphatic hydroxyl groups is 1. The van der Waals surface area contributed by atoms with E-state index in [9.17, 15) is 18.3 Å². The SMILES string of the molecule is OC1(CNc2nnc(C(F)(F)F)s2)CCCCC1. The van der Waals surface area contributed by atoms with Crippen molar-refractivity contribution in [1.29, 1.82) is 0 Å². The van der Waals surface area contributed by atoms with Crippen LogP contribution < -0.4 is 5.32 Å². The summed E-state index contributed by atoms with van der Waals surface area (Å²) in [5.41, 5.74) is -0.831. The molecule has 1 heterocycles. The first kappa shape index (κ1) is 13.5. The molecule has 1 aliphatic rings. The van der Waals surface area contributed by atoms with E-state index >= 15 is 0 Å². The highest BCUT2D eigenvalue weighted by Gasteiger charge is 2.36. The molecule has 0 atom stereocenters. The third kappa shape index (κ3) is 3.32. The summed E-state index contributed by atoms with van der Waals surface area (Å²) in [6, 6.07) is 0. The third-order valence-electron chi connectivity index (χ3n) is 3.02. The normalized spacial score (nSPS) is 19.8. The van der Waals surface area contributed by atoms with Crippen LogP contribution in [-0.4, -0.2) is 27.4 Å². The number of alkyl halides is 3. The minimum Gasteiger partial charge on any atom is -0.388 e. The molecule has 0 unspecified atom stereocenters. The van der Waals surface area contributed by atoms with Crippen LogP contribution in [0.2, 0.25) is 0 Å². The van der Waals surface area contributed by atoms with Gasteiger partial charge in [-0.05, 0) is 12.8 Å². The average molecular weight is 281 g/mol. The smallest absolute Gasteiger partial charge is 0.388 e. The highest BCUT2D eigenvalue weighted by atomic mass is 32.1. The molecule has 0 spiro atoms. The Balaban J connectivity index is 1.92. The fraction of sp³-hybridized carbons (Fsp3) is 0.800. The van der Waals surface area contributed by atoms with Gasteiger partial charge in [0.15, 0.2) is 0 Å². The molecule has 1 aliphatic carbocycles. The molecular formula is C10H14F3N3OS. The molecule has 18 heavy (non-hydrogen) atoms. The first-order valence-corrected chi connectivity index (χ1v) is 6.58. The minimum atomic E-state index is -4.46. The molecule has 2 rings (SSSR count). The monoisotopic (exact) mass is 281 g/mol. The summed E-state index contributed by atoms with van der Waals surface area (Å²) in [5.74, 6) is 0. The zero-order chi connectivity index (χ0) is 13.2. The Kier molecular flexibility index (Phi) is 3.76. The zero-order valence-corrected chi connectivity index (χ0v) is 10.4. The minimum absolute atomic E-state index is 0.0984. The van der Waals surface area contributed by atoms with Gasteiger partial charge in [0.25, 0.3) is 0 Å². The molecule has 0 aromatic carbocycles. The largest absolute Gasteiger partial charge is 0.445 e. The van der Waals surface area contributed by atoms with Crippen LogP contribution in [0, 0.1) is 0 Å². The summed E-state index contributed by atoms with van der Waals surface area (Å²) in [6.45, 7) is 0.222. The summed E-state index contributed by atoms with van der Waals surface area (Å²) in [5, 5.41) is 18.5. The lowest BCUT2D eigenvalue weighted by atomic mass is 9.85. The number of hydrogen-bond donors (Lipinski definition) is 2. The van der Waals surface area contributed by atoms with Crippen LogP contribution in [0.4, 0.5) is 18.3 Å². The van der Waals surface area contributed by atoms with Gasteiger partial charge in [0, 0.05) is 6.54 Å². The molecule has 0 amide bonds. The first-order valence-electron chi connectivity index (χ1n) is 5.76. The van der Waals surface area contributed by atoms with Gasteiger partial charge >= 0.3 is 6.18 Å². The van der Waals surface area contributed by atoms with Crippen molar-refractivity contribution in [2.24, 2.45) is 0 Å². The number of nitrogens with one attached hydrogen (secondary N) is 1. The number of anilines is 1. The summed E-state index contributed by atoms with van der Waals surface area (Å²) >= 11 is 0.458. The van der Waals surface area contributed by atoms with Gasteiger partial charge in [-0.1, -0.05) is 30.6 Å². The highest BCUT2D eigenvalue weighted by molar-refractivity contribution is 7.15. The Bertz CT molecular complexity index is 401. The van der Waals surface area contributed by atoms with Crippen LogP contribution in [0.25, 0.3) is 0 Å². The van der Waals surface area contributed by atoms with Gasteiger partial charge in [-0.3, -0.25) is 0 Å². The van der Waals surface area contributed by atoms with E-state index in [-0.39, 0.29) is 11.7 Å². The molecule has 1 aromatic rings. The molecule has 0 saturated heterocycles. The van der Waals surface area contributed by atoms with Gasteiger partial charge in [-0.15, -0.1) is 10.2 Å². The number of halogens is 3. The Labute approximate surface area is 106 Å². The molecular weight excluding hydrogens is 267 g/mol. The zero-order valence-electron chi connectivity index (χ0n) is 9.63. The van der Waals surface area contributed by atoms with E-state index in [4.69, 9.17) is 0 Å². The van der Waals surface area contributed by atoms with Crippen molar-refractivity contribution in [1.82, 2.24) is 10.2 Å². The predicted octanol–water partition coefficient (Wildman–Crippen LogP) is 2.66. The number of aromatic nitrogens is 2. The van der Waals surface area contributed by atoms with Gasteiger partial charge in [-0.2, -0.15) is 13.2 Å². The molecule has 4 nitrogen and oxygen atoms in total. The van der Waals surface area contributed by atoms with Crippen molar-refractivity contribution in [2.45, 2.75) is 43.9 Å². The molecule has 0 radical (unpaired) electrons. The topological polar surface area (TPSA) is 58.0 Å². The summed E-state index contributed by atoms with van der Waals surface area (Å²) in [6.07, 6.45) is -0.126. The number of rotatable bonds is 3. The van der Waals surface area contributed by atoms with E-state index < -0.39 is 16.8 Å². The lowest BCUT2D eigenvalue weighted by Gasteiger charge is -2.31.